The van der Waals surface area contributed by atoms with Gasteiger partial charge in [0, 0.05) is 6.61 Å². The van der Waals surface area contributed by atoms with Gasteiger partial charge in [-0.2, -0.15) is 0 Å². The number of rotatable bonds is 6. The van der Waals surface area contributed by atoms with Crippen molar-refractivity contribution in [3.63, 3.8) is 0 Å². The van der Waals surface area contributed by atoms with E-state index in [1.165, 1.54) is 0 Å². The molecular formula is C8H19NO. The molecule has 62 valence electrons. The van der Waals surface area contributed by atoms with Crippen LogP contribution in [0.1, 0.15) is 27.2 Å². The van der Waals surface area contributed by atoms with E-state index in [0.29, 0.717) is 6.10 Å². The van der Waals surface area contributed by atoms with Gasteiger partial charge in [-0.1, -0.05) is 6.92 Å². The fourth-order valence-electron chi connectivity index (χ4n) is 0.850. The Bertz CT molecular complexity index is 66.3. The van der Waals surface area contributed by atoms with Gasteiger partial charge >= 0.3 is 0 Å². The van der Waals surface area contributed by atoms with Crippen molar-refractivity contribution in [1.82, 2.24) is 5.32 Å². The van der Waals surface area contributed by atoms with Gasteiger partial charge in [-0.15, -0.1) is 0 Å². The smallest absolute Gasteiger partial charge is 0.0558 e. The van der Waals surface area contributed by atoms with Crippen molar-refractivity contribution in [2.24, 2.45) is 0 Å². The van der Waals surface area contributed by atoms with Crippen LogP contribution in [0.25, 0.3) is 0 Å². The van der Waals surface area contributed by atoms with Crippen molar-refractivity contribution in [1.29, 1.82) is 0 Å². The number of hydrogen-bond acceptors (Lipinski definition) is 2. The lowest BCUT2D eigenvalue weighted by Gasteiger charge is -2.10. The first-order valence-electron chi connectivity index (χ1n) is 4.13. The van der Waals surface area contributed by atoms with Crippen molar-refractivity contribution in [3.8, 4) is 0 Å². The maximum atomic E-state index is 5.35. The van der Waals surface area contributed by atoms with Gasteiger partial charge in [0.25, 0.3) is 0 Å². The lowest BCUT2D eigenvalue weighted by Crippen LogP contribution is -2.20. The quantitative estimate of drug-likeness (QED) is 0.571. The third-order valence-corrected chi connectivity index (χ3v) is 1.43. The van der Waals surface area contributed by atoms with Crippen LogP contribution in [0, 0.1) is 0 Å². The van der Waals surface area contributed by atoms with E-state index in [9.17, 15) is 0 Å². The fraction of sp³-hybridized carbons (Fsp3) is 1.00. The molecule has 0 amide bonds. The monoisotopic (exact) mass is 145 g/mol. The molecule has 0 aromatic rings. The molecule has 2 heteroatoms. The summed E-state index contributed by atoms with van der Waals surface area (Å²) >= 11 is 0. The van der Waals surface area contributed by atoms with Crippen LogP contribution in [-0.4, -0.2) is 25.8 Å². The van der Waals surface area contributed by atoms with Crippen molar-refractivity contribution in [2.75, 3.05) is 19.7 Å². The summed E-state index contributed by atoms with van der Waals surface area (Å²) in [4.78, 5) is 0. The number of ether oxygens (including phenoxy) is 1. The molecule has 0 saturated heterocycles. The van der Waals surface area contributed by atoms with E-state index in [1.807, 2.05) is 6.92 Å². The summed E-state index contributed by atoms with van der Waals surface area (Å²) < 4.78 is 5.35. The highest BCUT2D eigenvalue weighted by Crippen LogP contribution is 1.94. The second kappa shape index (κ2) is 7.03. The average Bonchev–Trinajstić information content (AvgIpc) is 1.89. The Morgan fingerprint density at radius 1 is 1.40 bits per heavy atom. The molecule has 0 fully saturated rings. The molecule has 0 rings (SSSR count). The normalized spacial score (nSPS) is 13.5. The van der Waals surface area contributed by atoms with Crippen molar-refractivity contribution in [2.45, 2.75) is 33.3 Å². The number of hydrogen-bond donors (Lipinski definition) is 1. The van der Waals surface area contributed by atoms with Crippen molar-refractivity contribution < 1.29 is 4.74 Å². The number of nitrogens with one attached hydrogen (secondary N) is 1. The molecule has 0 bridgehead atoms. The molecule has 0 spiro atoms. The van der Waals surface area contributed by atoms with Gasteiger partial charge in [-0.05, 0) is 33.4 Å². The Morgan fingerprint density at radius 3 is 2.60 bits per heavy atom. The molecule has 1 atom stereocenters. The molecule has 1 N–H and O–H groups in total. The Kier molecular flexibility index (Phi) is 6.98. The first-order valence-corrected chi connectivity index (χ1v) is 4.13. The largest absolute Gasteiger partial charge is 0.379 e. The van der Waals surface area contributed by atoms with Gasteiger partial charge in [0.1, 0.15) is 0 Å². The fourth-order valence-corrected chi connectivity index (χ4v) is 0.850. The lowest BCUT2D eigenvalue weighted by molar-refractivity contribution is 0.0706. The van der Waals surface area contributed by atoms with Gasteiger partial charge in [0.15, 0.2) is 0 Å². The van der Waals surface area contributed by atoms with Crippen molar-refractivity contribution >= 4 is 0 Å². The average molecular weight is 145 g/mol. The second-order valence-corrected chi connectivity index (χ2v) is 2.41. The second-order valence-electron chi connectivity index (χ2n) is 2.41. The van der Waals surface area contributed by atoms with Crippen LogP contribution < -0.4 is 5.32 Å². The highest BCUT2D eigenvalue weighted by molar-refractivity contribution is 4.52. The molecule has 10 heavy (non-hydrogen) atoms. The lowest BCUT2D eigenvalue weighted by atomic mass is 10.3. The first-order chi connectivity index (χ1) is 4.81. The molecule has 0 heterocycles. The molecule has 0 saturated carbocycles. The standard InChI is InChI=1S/C8H19NO/c1-4-9-7-6-8(3)10-5-2/h8-9H,4-7H2,1-3H3. The van der Waals surface area contributed by atoms with Crippen LogP contribution >= 0.6 is 0 Å². The van der Waals surface area contributed by atoms with E-state index in [1.54, 1.807) is 0 Å². The van der Waals surface area contributed by atoms with Crippen LogP contribution in [0.5, 0.6) is 0 Å². The van der Waals surface area contributed by atoms with E-state index in [2.05, 4.69) is 19.2 Å². The highest BCUT2D eigenvalue weighted by atomic mass is 16.5. The van der Waals surface area contributed by atoms with Crippen molar-refractivity contribution in [3.05, 3.63) is 0 Å². The SMILES string of the molecule is CCNCCC(C)OCC. The maximum absolute atomic E-state index is 5.35. The van der Waals surface area contributed by atoms with Gasteiger partial charge in [0.05, 0.1) is 6.10 Å². The van der Waals surface area contributed by atoms with E-state index in [0.717, 1.165) is 26.1 Å². The van der Waals surface area contributed by atoms with Gasteiger partial charge in [0.2, 0.25) is 0 Å². The molecular weight excluding hydrogens is 126 g/mol. The van der Waals surface area contributed by atoms with Crippen LogP contribution in [0.15, 0.2) is 0 Å². The maximum Gasteiger partial charge on any atom is 0.0558 e. The Hall–Kier alpha value is -0.0800. The third-order valence-electron chi connectivity index (χ3n) is 1.43. The van der Waals surface area contributed by atoms with Crippen LogP contribution in [0.2, 0.25) is 0 Å². The molecule has 2 nitrogen and oxygen atoms in total. The third kappa shape index (κ3) is 6.05. The molecule has 1 unspecified atom stereocenters. The predicted octanol–water partition coefficient (Wildman–Crippen LogP) is 1.41. The first kappa shape index (κ1) is 9.92. The summed E-state index contributed by atoms with van der Waals surface area (Å²) in [5, 5.41) is 3.26. The summed E-state index contributed by atoms with van der Waals surface area (Å²) in [6.45, 7) is 9.21. The van der Waals surface area contributed by atoms with Crippen LogP contribution in [-0.2, 0) is 4.74 Å². The van der Waals surface area contributed by atoms with Gasteiger partial charge in [-0.3, -0.25) is 0 Å². The Labute approximate surface area is 64.0 Å². The summed E-state index contributed by atoms with van der Waals surface area (Å²) in [5.41, 5.74) is 0. The van der Waals surface area contributed by atoms with E-state index >= 15 is 0 Å². The summed E-state index contributed by atoms with van der Waals surface area (Å²) in [7, 11) is 0. The van der Waals surface area contributed by atoms with Crippen LogP contribution in [0.3, 0.4) is 0 Å². The Morgan fingerprint density at radius 2 is 2.10 bits per heavy atom. The van der Waals surface area contributed by atoms with E-state index < -0.39 is 0 Å². The molecule has 0 radical (unpaired) electrons. The minimum absolute atomic E-state index is 0.407. The van der Waals surface area contributed by atoms with E-state index in [4.69, 9.17) is 4.74 Å². The molecule has 0 aliphatic heterocycles. The minimum Gasteiger partial charge on any atom is -0.379 e. The van der Waals surface area contributed by atoms with E-state index in [-0.39, 0.29) is 0 Å². The minimum atomic E-state index is 0.407. The van der Waals surface area contributed by atoms with Crippen LogP contribution in [0.4, 0.5) is 0 Å². The zero-order valence-electron chi connectivity index (χ0n) is 7.31. The predicted molar refractivity (Wildman–Crippen MR) is 44.2 cm³/mol. The highest BCUT2D eigenvalue weighted by Gasteiger charge is 1.97. The van der Waals surface area contributed by atoms with Gasteiger partial charge in [-0.25, -0.2) is 0 Å². The Balaban J connectivity index is 2.97. The zero-order chi connectivity index (χ0) is 7.82. The molecule has 0 aromatic carbocycles. The summed E-state index contributed by atoms with van der Waals surface area (Å²) in [6, 6.07) is 0. The topological polar surface area (TPSA) is 21.3 Å². The zero-order valence-corrected chi connectivity index (χ0v) is 7.31. The summed E-state index contributed by atoms with van der Waals surface area (Å²) in [6.07, 6.45) is 1.52. The molecule has 0 aliphatic carbocycles. The molecule has 0 aliphatic rings. The van der Waals surface area contributed by atoms with Gasteiger partial charge < -0.3 is 10.1 Å². The molecule has 0 aromatic heterocycles. The summed E-state index contributed by atoms with van der Waals surface area (Å²) in [5.74, 6) is 0.